The molecule has 2 aliphatic heterocycles. The molecule has 4 saturated carbocycles. The van der Waals surface area contributed by atoms with Crippen molar-refractivity contribution >= 4 is 29.8 Å². The van der Waals surface area contributed by atoms with Crippen LogP contribution in [-0.4, -0.2) is 104 Å². The zero-order valence-electron chi connectivity index (χ0n) is 44.3. The molecule has 4 aliphatic carbocycles. The summed E-state index contributed by atoms with van der Waals surface area (Å²) < 4.78 is 62.4. The summed E-state index contributed by atoms with van der Waals surface area (Å²) in [5.74, 6) is 1.36. The Bertz CT molecular complexity index is 1980. The Labute approximate surface area is 422 Å². The lowest BCUT2D eigenvalue weighted by Crippen LogP contribution is -2.66. The van der Waals surface area contributed by atoms with E-state index in [1.165, 1.54) is 86.0 Å². The minimum Gasteiger partial charge on any atom is -0.463 e. The minimum atomic E-state index is -1.48. The second-order valence-corrected chi connectivity index (χ2v) is 22.9. The SMILES string of the molecule is CC(=O)OC[C@H]1O[C@@H](O[C@H]2CC[C@@]3(C)[C@@H](CC[C@@H]4[C@@H]3CC[C@]3(C)[C@@H]([C@H](C)CCCC(C)C)CC[C@@H]43)C2)[C@H](O[C@@H]2O[C@@H](C)[C@H](OCc3ccccc3)[C@@H](OC(C)=O)[C@H]2OC(C)=O)[C@@H](OC(C)=O)[C@@H]1OC(C)=O. The Morgan fingerprint density at radius 2 is 1.24 bits per heavy atom. The van der Waals surface area contributed by atoms with Gasteiger partial charge in [0, 0.05) is 34.6 Å². The first-order valence-electron chi connectivity index (χ1n) is 26.8. The van der Waals surface area contributed by atoms with Crippen molar-refractivity contribution in [1.29, 1.82) is 0 Å². The molecule has 19 atom stereocenters. The standard InChI is InChI=1S/C56H84O15/c1-31(2)16-15-17-32(3)43-22-23-44-42-21-20-40-28-41(24-26-55(40,10)45(42)25-27-56(43,44)11)69-54-52(50(67-37(8)60)48(65-35(6)58)46(70-54)30-62-34(5)57)71-53-51(68-38(9)61)49(66-36(7)59)47(33(4)64-53)63-29-39-18-13-12-14-19-39/h12-14,18-19,31-33,40-54H,15-17,20-30H2,1-11H3/t32-,33+,40+,41+,42+,43-,44+,45+,46-,47+,48-,49-,50+,51-,52-,53+,54-,55+,56-/m1/s1. The van der Waals surface area contributed by atoms with Gasteiger partial charge in [-0.05, 0) is 123 Å². The summed E-state index contributed by atoms with van der Waals surface area (Å²) in [6.45, 7) is 20.0. The lowest BCUT2D eigenvalue weighted by atomic mass is 9.44. The van der Waals surface area contributed by atoms with Gasteiger partial charge in [-0.1, -0.05) is 84.2 Å². The van der Waals surface area contributed by atoms with Gasteiger partial charge in [0.2, 0.25) is 0 Å². The zero-order valence-corrected chi connectivity index (χ0v) is 44.3. The van der Waals surface area contributed by atoms with Gasteiger partial charge in [-0.3, -0.25) is 24.0 Å². The largest absolute Gasteiger partial charge is 0.463 e. The monoisotopic (exact) mass is 997 g/mol. The fourth-order valence-electron chi connectivity index (χ4n) is 14.6. The van der Waals surface area contributed by atoms with Crippen LogP contribution in [0.4, 0.5) is 0 Å². The molecule has 0 N–H and O–H groups in total. The normalized spacial score (nSPS) is 39.2. The molecule has 0 radical (unpaired) electrons. The smallest absolute Gasteiger partial charge is 0.303 e. The van der Waals surface area contributed by atoms with Crippen LogP contribution < -0.4 is 0 Å². The van der Waals surface area contributed by atoms with Gasteiger partial charge in [-0.15, -0.1) is 0 Å². The molecule has 6 fully saturated rings. The highest BCUT2D eigenvalue weighted by Crippen LogP contribution is 2.68. The van der Waals surface area contributed by atoms with Crippen LogP contribution in [0.1, 0.15) is 159 Å². The van der Waals surface area contributed by atoms with Crippen molar-refractivity contribution in [1.82, 2.24) is 0 Å². The number of hydrogen-bond donors (Lipinski definition) is 0. The third kappa shape index (κ3) is 12.8. The quantitative estimate of drug-likeness (QED) is 0.0772. The molecule has 6 aliphatic rings. The summed E-state index contributed by atoms with van der Waals surface area (Å²) in [6.07, 6.45) is 1.23. The molecule has 2 saturated heterocycles. The molecular weight excluding hydrogens is 913 g/mol. The van der Waals surface area contributed by atoms with E-state index in [0.29, 0.717) is 23.2 Å². The Hall–Kier alpha value is -3.63. The highest BCUT2D eigenvalue weighted by atomic mass is 16.8. The predicted molar refractivity (Wildman–Crippen MR) is 260 cm³/mol. The van der Waals surface area contributed by atoms with E-state index >= 15 is 0 Å². The molecule has 398 valence electrons. The van der Waals surface area contributed by atoms with Crippen molar-refractivity contribution in [3.8, 4) is 0 Å². The number of carbonyl (C=O) groups is 5. The lowest BCUT2D eigenvalue weighted by Gasteiger charge is -2.61. The molecule has 2 heterocycles. The zero-order chi connectivity index (χ0) is 51.4. The summed E-state index contributed by atoms with van der Waals surface area (Å²) >= 11 is 0. The topological polar surface area (TPSA) is 178 Å². The van der Waals surface area contributed by atoms with Gasteiger partial charge < -0.3 is 47.4 Å². The fourth-order valence-corrected chi connectivity index (χ4v) is 14.6. The summed E-state index contributed by atoms with van der Waals surface area (Å²) in [7, 11) is 0. The number of hydrogen-bond acceptors (Lipinski definition) is 15. The van der Waals surface area contributed by atoms with Gasteiger partial charge in [0.15, 0.2) is 43.1 Å². The highest BCUT2D eigenvalue weighted by molar-refractivity contribution is 5.68. The molecule has 7 rings (SSSR count). The van der Waals surface area contributed by atoms with Gasteiger partial charge in [0.1, 0.15) is 18.8 Å². The van der Waals surface area contributed by atoms with Gasteiger partial charge in [-0.2, -0.15) is 0 Å². The fraction of sp³-hybridized carbons (Fsp3) is 0.804. The van der Waals surface area contributed by atoms with E-state index in [9.17, 15) is 24.0 Å². The van der Waals surface area contributed by atoms with E-state index in [0.717, 1.165) is 54.9 Å². The second-order valence-electron chi connectivity index (χ2n) is 22.9. The maximum atomic E-state index is 13.1. The molecule has 0 unspecified atom stereocenters. The maximum Gasteiger partial charge on any atom is 0.303 e. The number of ether oxygens (including phenoxy) is 10. The Morgan fingerprint density at radius 1 is 0.634 bits per heavy atom. The van der Waals surface area contributed by atoms with Crippen LogP contribution in [0.3, 0.4) is 0 Å². The first-order chi connectivity index (χ1) is 33.7. The lowest BCUT2D eigenvalue weighted by molar-refractivity contribution is -0.373. The number of rotatable bonds is 18. The van der Waals surface area contributed by atoms with Crippen molar-refractivity contribution < 1.29 is 71.3 Å². The highest BCUT2D eigenvalue weighted by Gasteiger charge is 2.62. The number of carbonyl (C=O) groups excluding carboxylic acids is 5. The van der Waals surface area contributed by atoms with Crippen LogP contribution in [0.15, 0.2) is 30.3 Å². The van der Waals surface area contributed by atoms with Crippen molar-refractivity contribution in [2.45, 2.75) is 227 Å². The summed E-state index contributed by atoms with van der Waals surface area (Å²) in [6, 6.07) is 9.42. The molecule has 0 bridgehead atoms. The Balaban J connectivity index is 1.15. The van der Waals surface area contributed by atoms with E-state index in [4.69, 9.17) is 47.4 Å². The van der Waals surface area contributed by atoms with Crippen LogP contribution in [0, 0.1) is 52.3 Å². The summed E-state index contributed by atoms with van der Waals surface area (Å²) in [4.78, 5) is 63.8. The second kappa shape index (κ2) is 23.7. The van der Waals surface area contributed by atoms with E-state index in [2.05, 4.69) is 34.6 Å². The predicted octanol–water partition coefficient (Wildman–Crippen LogP) is 9.22. The number of benzene rings is 1. The van der Waals surface area contributed by atoms with Gasteiger partial charge in [0.05, 0.1) is 18.8 Å². The van der Waals surface area contributed by atoms with Crippen molar-refractivity contribution in [2.24, 2.45) is 52.3 Å². The average Bonchev–Trinajstić information content (AvgIpc) is 3.65. The molecule has 15 nitrogen and oxygen atoms in total. The molecule has 71 heavy (non-hydrogen) atoms. The minimum absolute atomic E-state index is 0.130. The van der Waals surface area contributed by atoms with Crippen LogP contribution in [0.5, 0.6) is 0 Å². The first-order valence-corrected chi connectivity index (χ1v) is 26.8. The van der Waals surface area contributed by atoms with E-state index in [-0.39, 0.29) is 24.7 Å². The first kappa shape index (κ1) is 55.1. The Kier molecular flexibility index (Phi) is 18.4. The average molecular weight is 997 g/mol. The molecule has 0 aromatic heterocycles. The van der Waals surface area contributed by atoms with Crippen LogP contribution in [0.2, 0.25) is 0 Å². The Morgan fingerprint density at radius 3 is 1.89 bits per heavy atom. The van der Waals surface area contributed by atoms with Gasteiger partial charge >= 0.3 is 29.8 Å². The molecule has 0 amide bonds. The van der Waals surface area contributed by atoms with Crippen LogP contribution in [0.25, 0.3) is 0 Å². The third-order valence-electron chi connectivity index (χ3n) is 17.7. The van der Waals surface area contributed by atoms with Crippen molar-refractivity contribution in [3.63, 3.8) is 0 Å². The van der Waals surface area contributed by atoms with E-state index < -0.39 is 91.3 Å². The maximum absolute atomic E-state index is 13.1. The van der Waals surface area contributed by atoms with Crippen molar-refractivity contribution in [2.75, 3.05) is 6.61 Å². The summed E-state index contributed by atoms with van der Waals surface area (Å²) in [5, 5.41) is 0. The van der Waals surface area contributed by atoms with Gasteiger partial charge in [0.25, 0.3) is 0 Å². The molecule has 1 aromatic rings. The van der Waals surface area contributed by atoms with Crippen LogP contribution >= 0.6 is 0 Å². The molecule has 1 aromatic carbocycles. The summed E-state index contributed by atoms with van der Waals surface area (Å²) in [5.41, 5.74) is 1.38. The molecule has 15 heteroatoms. The van der Waals surface area contributed by atoms with Gasteiger partial charge in [-0.25, -0.2) is 0 Å². The molecular formula is C56H84O15. The van der Waals surface area contributed by atoms with Crippen LogP contribution in [-0.2, 0) is 77.9 Å². The van der Waals surface area contributed by atoms with E-state index in [1.807, 2.05) is 30.3 Å². The third-order valence-corrected chi connectivity index (χ3v) is 17.7. The van der Waals surface area contributed by atoms with E-state index in [1.54, 1.807) is 6.92 Å². The molecule has 0 spiro atoms. The van der Waals surface area contributed by atoms with Crippen molar-refractivity contribution in [3.05, 3.63) is 35.9 Å². The number of esters is 5. The number of fused-ring (bicyclic) bond motifs is 5.